The first-order valence-corrected chi connectivity index (χ1v) is 21.8. The van der Waals surface area contributed by atoms with Gasteiger partial charge >= 0.3 is 11.9 Å². The molecule has 3 aliphatic rings. The Kier molecular flexibility index (Phi) is 9.87. The molecule has 1 saturated heterocycles. The summed E-state index contributed by atoms with van der Waals surface area (Å²) < 4.78 is 48.2. The van der Waals surface area contributed by atoms with Crippen LogP contribution in [0.1, 0.15) is 49.2 Å². The highest BCUT2D eigenvalue weighted by atomic mass is 35.5. The number of carboxylic acid groups (broad SMARTS) is 1. The van der Waals surface area contributed by atoms with Crippen LogP contribution < -0.4 is 0 Å². The predicted octanol–water partition coefficient (Wildman–Crippen LogP) is 5.80. The zero-order chi connectivity index (χ0) is 33.6. The maximum Gasteiger partial charge on any atom is 0.335 e. The Morgan fingerprint density at radius 3 is 2.46 bits per heavy atom. The number of allylic oxidation sites excluding steroid dienone is 1. The number of amidine groups is 1. The quantitative estimate of drug-likeness (QED) is 0.242. The van der Waals surface area contributed by atoms with Crippen LogP contribution in [0, 0.1) is 17.2 Å². The average Bonchev–Trinajstić information content (AvgIpc) is 3.49. The molecule has 1 aromatic heterocycles. The normalized spacial score (nSPS) is 24.8. The third-order valence-electron chi connectivity index (χ3n) is 9.15. The number of sulfonamides is 1. The van der Waals surface area contributed by atoms with Crippen molar-refractivity contribution in [2.75, 3.05) is 26.7 Å². The van der Waals surface area contributed by atoms with E-state index in [0.717, 1.165) is 12.1 Å². The number of benzene rings is 1. The zero-order valence-electron chi connectivity index (χ0n) is 26.6. The van der Waals surface area contributed by atoms with Gasteiger partial charge in [-0.2, -0.15) is 0 Å². The molecule has 0 bridgehead atoms. The van der Waals surface area contributed by atoms with Crippen molar-refractivity contribution in [3.05, 3.63) is 62.5 Å². The average molecular weight is 711 g/mol. The molecule has 2 aliphatic heterocycles. The summed E-state index contributed by atoms with van der Waals surface area (Å²) in [6, 6.07) is 3.64. The van der Waals surface area contributed by atoms with Crippen molar-refractivity contribution in [3.63, 3.8) is 0 Å². The topological polar surface area (TPSA) is 129 Å². The summed E-state index contributed by atoms with van der Waals surface area (Å²) in [6.45, 7) is 9.16. The van der Waals surface area contributed by atoms with Crippen LogP contribution in [-0.2, 0) is 24.3 Å². The number of carbonyl (C=O) groups excluding carboxylic acids is 1. The smallest absolute Gasteiger partial charge is 0.335 e. The number of halogens is 2. The molecule has 2 fully saturated rings. The third-order valence-corrected chi connectivity index (χ3v) is 14.2. The lowest BCUT2D eigenvalue weighted by Crippen LogP contribution is -2.54. The van der Waals surface area contributed by atoms with Crippen LogP contribution in [0.15, 0.2) is 46.0 Å². The SMILES string of the molecule is CN1C(c2nccs2)=NC(c2ccc(F)cc2Cl)C(C(=O)O)=C1C1CCN(S(=O)(=O)C2CC(C)(C(=O)OCC[Si](C)(C)C)C2)CC1. The number of aliphatic imine (C=N–C) groups is 1. The molecule has 46 heavy (non-hydrogen) atoms. The fraction of sp³-hybridized carbons (Fsp3) is 0.548. The van der Waals surface area contributed by atoms with Gasteiger partial charge in [-0.05, 0) is 50.8 Å². The molecule has 15 heteroatoms. The maximum absolute atomic E-state index is 13.9. The minimum absolute atomic E-state index is 0.0139. The molecular weight excluding hydrogens is 671 g/mol. The fourth-order valence-corrected chi connectivity index (χ4v) is 10.4. The number of piperidine rings is 1. The van der Waals surface area contributed by atoms with Crippen LogP contribution in [-0.4, -0.2) is 85.6 Å². The number of carboxylic acids is 1. The molecule has 2 aromatic rings. The molecule has 10 nitrogen and oxygen atoms in total. The summed E-state index contributed by atoms with van der Waals surface area (Å²) in [5.74, 6) is -1.91. The standard InChI is InChI=1S/C31H40ClFN4O6S2Si/c1-31(30(40)43-13-15-46(3,4)5)17-21(18-31)45(41,42)37-11-8-19(9-12-37)26-24(29(38)39)25(22-7-6-20(33)16-23(22)32)35-27(36(26)2)28-34-10-14-44-28/h6-7,10,14,16,19,21,25H,8-9,11-13,15,17-18H2,1-5H3,(H,38,39). The van der Waals surface area contributed by atoms with Crippen molar-refractivity contribution < 1.29 is 32.2 Å². The van der Waals surface area contributed by atoms with E-state index in [0.29, 0.717) is 41.6 Å². The van der Waals surface area contributed by atoms with E-state index in [-0.39, 0.29) is 48.4 Å². The van der Waals surface area contributed by atoms with Crippen molar-refractivity contribution >= 4 is 58.8 Å². The molecule has 1 saturated carbocycles. The number of esters is 1. The first kappa shape index (κ1) is 34.7. The van der Waals surface area contributed by atoms with Gasteiger partial charge in [0.05, 0.1) is 22.8 Å². The Labute approximate surface area is 279 Å². The number of carbonyl (C=O) groups is 2. The Morgan fingerprint density at radius 1 is 1.22 bits per heavy atom. The van der Waals surface area contributed by atoms with Gasteiger partial charge in [-0.25, -0.2) is 26.9 Å². The molecule has 5 rings (SSSR count). The van der Waals surface area contributed by atoms with E-state index >= 15 is 0 Å². The van der Waals surface area contributed by atoms with Gasteiger partial charge < -0.3 is 14.7 Å². The fourth-order valence-electron chi connectivity index (χ4n) is 6.45. The van der Waals surface area contributed by atoms with Gasteiger partial charge in [-0.1, -0.05) is 37.3 Å². The molecular formula is C31H40ClFN4O6S2Si. The highest BCUT2D eigenvalue weighted by Gasteiger charge is 2.54. The van der Waals surface area contributed by atoms with Crippen molar-refractivity contribution in [1.29, 1.82) is 0 Å². The molecule has 1 N–H and O–H groups in total. The molecule has 1 aliphatic carbocycles. The molecule has 0 radical (unpaired) electrons. The molecule has 1 atom stereocenters. The number of hydrogen-bond donors (Lipinski definition) is 1. The first-order valence-electron chi connectivity index (χ1n) is 15.3. The summed E-state index contributed by atoms with van der Waals surface area (Å²) in [5.41, 5.74) is 0.0589. The zero-order valence-corrected chi connectivity index (χ0v) is 30.0. The number of ether oxygens (including phenoxy) is 1. The van der Waals surface area contributed by atoms with E-state index in [1.54, 1.807) is 30.4 Å². The van der Waals surface area contributed by atoms with Gasteiger partial charge in [-0.3, -0.25) is 9.79 Å². The Bertz CT molecular complexity index is 1660. The number of hydrogen-bond acceptors (Lipinski definition) is 9. The predicted molar refractivity (Wildman–Crippen MR) is 179 cm³/mol. The van der Waals surface area contributed by atoms with Crippen LogP contribution >= 0.6 is 22.9 Å². The Balaban J connectivity index is 1.34. The van der Waals surface area contributed by atoms with Gasteiger partial charge in [0, 0.05) is 62.0 Å². The Morgan fingerprint density at radius 2 is 1.89 bits per heavy atom. The second kappa shape index (κ2) is 13.1. The number of aliphatic carboxylic acids is 1. The monoisotopic (exact) mass is 710 g/mol. The van der Waals surface area contributed by atoms with E-state index in [1.165, 1.54) is 27.8 Å². The summed E-state index contributed by atoms with van der Waals surface area (Å²) in [5, 5.41) is 12.3. The van der Waals surface area contributed by atoms with Crippen LogP contribution in [0.3, 0.4) is 0 Å². The third kappa shape index (κ3) is 6.96. The molecule has 0 amide bonds. The van der Waals surface area contributed by atoms with E-state index in [4.69, 9.17) is 21.3 Å². The highest BCUT2D eigenvalue weighted by molar-refractivity contribution is 7.89. The Hall–Kier alpha value is -2.65. The number of rotatable bonds is 10. The van der Waals surface area contributed by atoms with Crippen molar-refractivity contribution in [1.82, 2.24) is 14.2 Å². The van der Waals surface area contributed by atoms with E-state index in [1.807, 2.05) is 0 Å². The number of aromatic nitrogens is 1. The van der Waals surface area contributed by atoms with Crippen LogP contribution in [0.2, 0.25) is 30.7 Å². The van der Waals surface area contributed by atoms with Gasteiger partial charge in [0.15, 0.2) is 10.8 Å². The number of thiazole rings is 1. The van der Waals surface area contributed by atoms with Crippen LogP contribution in [0.25, 0.3) is 0 Å². The lowest BCUT2D eigenvalue weighted by atomic mass is 9.70. The molecule has 3 heterocycles. The van der Waals surface area contributed by atoms with Crippen molar-refractivity contribution in [2.24, 2.45) is 16.3 Å². The summed E-state index contributed by atoms with van der Waals surface area (Å²) in [7, 11) is -3.31. The molecule has 250 valence electrons. The van der Waals surface area contributed by atoms with E-state index in [9.17, 15) is 27.5 Å². The lowest BCUT2D eigenvalue weighted by Gasteiger charge is -2.45. The van der Waals surface area contributed by atoms with Gasteiger partial charge in [0.1, 0.15) is 11.9 Å². The van der Waals surface area contributed by atoms with Crippen LogP contribution in [0.4, 0.5) is 4.39 Å². The molecule has 1 unspecified atom stereocenters. The lowest BCUT2D eigenvalue weighted by molar-refractivity contribution is -0.159. The summed E-state index contributed by atoms with van der Waals surface area (Å²) in [6.07, 6.45) is 2.83. The van der Waals surface area contributed by atoms with Crippen molar-refractivity contribution in [3.8, 4) is 0 Å². The second-order valence-corrected chi connectivity index (χ2v) is 22.9. The van der Waals surface area contributed by atoms with Crippen LogP contribution in [0.5, 0.6) is 0 Å². The summed E-state index contributed by atoms with van der Waals surface area (Å²) in [4.78, 5) is 36.6. The summed E-state index contributed by atoms with van der Waals surface area (Å²) >= 11 is 7.78. The molecule has 1 aromatic carbocycles. The number of nitrogens with zero attached hydrogens (tertiary/aromatic N) is 4. The minimum Gasteiger partial charge on any atom is -0.478 e. The van der Waals surface area contributed by atoms with Gasteiger partial charge in [0.25, 0.3) is 0 Å². The van der Waals surface area contributed by atoms with Gasteiger partial charge in [-0.15, -0.1) is 11.3 Å². The highest BCUT2D eigenvalue weighted by Crippen LogP contribution is 2.47. The van der Waals surface area contributed by atoms with Crippen molar-refractivity contribution in [2.45, 2.75) is 69.6 Å². The maximum atomic E-state index is 13.9. The molecule has 0 spiro atoms. The van der Waals surface area contributed by atoms with E-state index in [2.05, 4.69) is 24.6 Å². The largest absolute Gasteiger partial charge is 0.478 e. The van der Waals surface area contributed by atoms with Gasteiger partial charge in [0.2, 0.25) is 10.0 Å². The minimum atomic E-state index is -3.68. The first-order chi connectivity index (χ1) is 21.5. The van der Waals surface area contributed by atoms with E-state index < -0.39 is 46.6 Å². The second-order valence-electron chi connectivity index (χ2n) is 13.8.